The highest BCUT2D eigenvalue weighted by atomic mass is 16.5. The number of aromatic nitrogens is 2. The first-order valence-corrected chi connectivity index (χ1v) is 9.69. The van der Waals surface area contributed by atoms with E-state index in [0.29, 0.717) is 18.2 Å². The summed E-state index contributed by atoms with van der Waals surface area (Å²) in [6.45, 7) is 11.8. The third-order valence-electron chi connectivity index (χ3n) is 4.72. The number of carbonyl (C=O) groups is 1. The fraction of sp³-hybridized carbons (Fsp3) is 0.722. The molecule has 9 heteroatoms. The lowest BCUT2D eigenvalue weighted by atomic mass is 10.3. The largest absolute Gasteiger partial charge is 0.379 e. The number of hydrogen-bond donors (Lipinski definition) is 2. The molecule has 0 saturated carbocycles. The molecule has 2 aliphatic rings. The molecule has 0 spiro atoms. The summed E-state index contributed by atoms with van der Waals surface area (Å²) in [4.78, 5) is 25.8. The van der Waals surface area contributed by atoms with E-state index in [4.69, 9.17) is 9.47 Å². The molecular formula is C18H30N6O3. The van der Waals surface area contributed by atoms with E-state index in [2.05, 4.69) is 30.4 Å². The van der Waals surface area contributed by atoms with Gasteiger partial charge in [-0.15, -0.1) is 0 Å². The van der Waals surface area contributed by atoms with Crippen molar-refractivity contribution in [3.63, 3.8) is 0 Å². The molecule has 3 heterocycles. The zero-order valence-electron chi connectivity index (χ0n) is 16.1. The first-order chi connectivity index (χ1) is 13.2. The van der Waals surface area contributed by atoms with Gasteiger partial charge in [-0.2, -0.15) is 0 Å². The number of ether oxygens (including phenoxy) is 2. The van der Waals surface area contributed by atoms with Crippen molar-refractivity contribution in [1.29, 1.82) is 0 Å². The lowest BCUT2D eigenvalue weighted by Gasteiger charge is -2.26. The van der Waals surface area contributed by atoms with E-state index in [9.17, 15) is 4.79 Å². The van der Waals surface area contributed by atoms with Crippen LogP contribution in [0.2, 0.25) is 0 Å². The second-order valence-electron chi connectivity index (χ2n) is 6.81. The van der Waals surface area contributed by atoms with Crippen LogP contribution >= 0.6 is 0 Å². The van der Waals surface area contributed by atoms with E-state index in [1.807, 2.05) is 6.92 Å². The number of nitrogens with zero attached hydrogens (tertiary/aromatic N) is 4. The van der Waals surface area contributed by atoms with Gasteiger partial charge < -0.3 is 20.1 Å². The molecule has 2 fully saturated rings. The number of nitrogens with one attached hydrogen (secondary N) is 2. The maximum Gasteiger partial charge on any atom is 0.270 e. The molecule has 0 bridgehead atoms. The third kappa shape index (κ3) is 6.69. The summed E-state index contributed by atoms with van der Waals surface area (Å²) in [6.07, 6.45) is 0. The van der Waals surface area contributed by atoms with Crippen molar-refractivity contribution < 1.29 is 14.3 Å². The lowest BCUT2D eigenvalue weighted by Crippen LogP contribution is -2.41. The second kappa shape index (κ2) is 10.5. The molecule has 1 aromatic rings. The van der Waals surface area contributed by atoms with Crippen molar-refractivity contribution in [2.45, 2.75) is 6.92 Å². The molecule has 0 radical (unpaired) electrons. The maximum atomic E-state index is 12.4. The van der Waals surface area contributed by atoms with Crippen LogP contribution in [-0.4, -0.2) is 104 Å². The van der Waals surface area contributed by atoms with Crippen LogP contribution in [0.5, 0.6) is 0 Å². The molecule has 9 nitrogen and oxygen atoms in total. The second-order valence-corrected chi connectivity index (χ2v) is 6.81. The normalized spacial score (nSPS) is 19.0. The Kier molecular flexibility index (Phi) is 7.76. The van der Waals surface area contributed by atoms with Crippen LogP contribution in [0.25, 0.3) is 0 Å². The summed E-state index contributed by atoms with van der Waals surface area (Å²) in [5.74, 6) is 0.339. The summed E-state index contributed by atoms with van der Waals surface area (Å²) in [6, 6.07) is 1.72. The first-order valence-electron chi connectivity index (χ1n) is 9.69. The minimum Gasteiger partial charge on any atom is -0.379 e. The predicted molar refractivity (Wildman–Crippen MR) is 102 cm³/mol. The molecule has 0 atom stereocenters. The standard InChI is InChI=1S/C18H30N6O3/c1-15-14-16(17(25)19-2-4-23-6-10-26-11-7-23)22-18(21-15)20-3-5-24-8-12-27-13-9-24/h14H,2-13H2,1H3,(H,19,25)(H,20,21,22). The summed E-state index contributed by atoms with van der Waals surface area (Å²) in [5.41, 5.74) is 1.18. The number of amides is 1. The van der Waals surface area contributed by atoms with E-state index in [1.165, 1.54) is 0 Å². The number of anilines is 1. The molecule has 0 aromatic carbocycles. The summed E-state index contributed by atoms with van der Waals surface area (Å²) >= 11 is 0. The van der Waals surface area contributed by atoms with Gasteiger partial charge in [0.2, 0.25) is 5.95 Å². The highest BCUT2D eigenvalue weighted by Crippen LogP contribution is 2.05. The average molecular weight is 378 g/mol. The Hall–Kier alpha value is -1.81. The Balaban J connectivity index is 1.44. The highest BCUT2D eigenvalue weighted by Gasteiger charge is 2.14. The topological polar surface area (TPSA) is 91.9 Å². The van der Waals surface area contributed by atoms with Gasteiger partial charge in [-0.05, 0) is 13.0 Å². The smallest absolute Gasteiger partial charge is 0.270 e. The van der Waals surface area contributed by atoms with Crippen LogP contribution in [0.4, 0.5) is 5.95 Å². The Morgan fingerprint density at radius 1 is 1.00 bits per heavy atom. The Bertz CT molecular complexity index is 603. The van der Waals surface area contributed by atoms with Gasteiger partial charge in [0, 0.05) is 58.1 Å². The van der Waals surface area contributed by atoms with Crippen LogP contribution in [0.1, 0.15) is 16.2 Å². The van der Waals surface area contributed by atoms with Gasteiger partial charge in [0.15, 0.2) is 0 Å². The van der Waals surface area contributed by atoms with Gasteiger partial charge in [0.25, 0.3) is 5.91 Å². The minimum absolute atomic E-state index is 0.162. The number of rotatable bonds is 8. The zero-order valence-corrected chi connectivity index (χ0v) is 16.1. The molecule has 2 aliphatic heterocycles. The number of aryl methyl sites for hydroxylation is 1. The zero-order chi connectivity index (χ0) is 18.9. The summed E-state index contributed by atoms with van der Waals surface area (Å²) < 4.78 is 10.7. The molecule has 1 aromatic heterocycles. The molecule has 150 valence electrons. The van der Waals surface area contributed by atoms with Crippen molar-refractivity contribution in [2.24, 2.45) is 0 Å². The van der Waals surface area contributed by atoms with Crippen molar-refractivity contribution in [3.8, 4) is 0 Å². The van der Waals surface area contributed by atoms with Crippen LogP contribution in [-0.2, 0) is 9.47 Å². The van der Waals surface area contributed by atoms with Gasteiger partial charge >= 0.3 is 0 Å². The van der Waals surface area contributed by atoms with Gasteiger partial charge in [0.05, 0.1) is 26.4 Å². The van der Waals surface area contributed by atoms with E-state index in [1.54, 1.807) is 6.07 Å². The monoisotopic (exact) mass is 378 g/mol. The van der Waals surface area contributed by atoms with E-state index in [-0.39, 0.29) is 5.91 Å². The molecule has 0 aliphatic carbocycles. The summed E-state index contributed by atoms with van der Waals surface area (Å²) in [5, 5.41) is 6.18. The van der Waals surface area contributed by atoms with E-state index in [0.717, 1.165) is 77.9 Å². The average Bonchev–Trinajstić information content (AvgIpc) is 2.69. The quantitative estimate of drug-likeness (QED) is 0.631. The first kappa shape index (κ1) is 19.9. The van der Waals surface area contributed by atoms with Crippen molar-refractivity contribution >= 4 is 11.9 Å². The minimum atomic E-state index is -0.162. The molecule has 27 heavy (non-hydrogen) atoms. The molecular weight excluding hydrogens is 348 g/mol. The highest BCUT2D eigenvalue weighted by molar-refractivity contribution is 5.92. The van der Waals surface area contributed by atoms with Crippen molar-refractivity contribution in [1.82, 2.24) is 25.1 Å². The van der Waals surface area contributed by atoms with Crippen LogP contribution in [0.15, 0.2) is 6.07 Å². The Morgan fingerprint density at radius 2 is 1.59 bits per heavy atom. The molecule has 0 unspecified atom stereocenters. The van der Waals surface area contributed by atoms with Gasteiger partial charge in [-0.25, -0.2) is 9.97 Å². The van der Waals surface area contributed by atoms with Crippen LogP contribution in [0, 0.1) is 6.92 Å². The Morgan fingerprint density at radius 3 is 2.22 bits per heavy atom. The predicted octanol–water partition coefficient (Wildman–Crippen LogP) is -0.409. The van der Waals surface area contributed by atoms with Crippen molar-refractivity contribution in [2.75, 3.05) is 84.1 Å². The fourth-order valence-electron chi connectivity index (χ4n) is 3.16. The molecule has 2 N–H and O–H groups in total. The molecule has 2 saturated heterocycles. The molecule has 1 amide bonds. The third-order valence-corrected chi connectivity index (χ3v) is 4.72. The van der Waals surface area contributed by atoms with Crippen molar-refractivity contribution in [3.05, 3.63) is 17.5 Å². The fourth-order valence-corrected chi connectivity index (χ4v) is 3.16. The van der Waals surface area contributed by atoms with Gasteiger partial charge in [0.1, 0.15) is 5.69 Å². The molecule has 3 rings (SSSR count). The maximum absolute atomic E-state index is 12.4. The number of hydrogen-bond acceptors (Lipinski definition) is 8. The van der Waals surface area contributed by atoms with Crippen LogP contribution < -0.4 is 10.6 Å². The number of carbonyl (C=O) groups excluding carboxylic acids is 1. The summed E-state index contributed by atoms with van der Waals surface area (Å²) in [7, 11) is 0. The SMILES string of the molecule is Cc1cc(C(=O)NCCN2CCOCC2)nc(NCCN2CCOCC2)n1. The number of morpholine rings is 2. The van der Waals surface area contributed by atoms with E-state index < -0.39 is 0 Å². The van der Waals surface area contributed by atoms with Gasteiger partial charge in [-0.3, -0.25) is 14.6 Å². The van der Waals surface area contributed by atoms with Crippen LogP contribution in [0.3, 0.4) is 0 Å². The van der Waals surface area contributed by atoms with E-state index >= 15 is 0 Å². The lowest BCUT2D eigenvalue weighted by molar-refractivity contribution is 0.0383. The Labute approximate surface area is 160 Å². The van der Waals surface area contributed by atoms with Gasteiger partial charge in [-0.1, -0.05) is 0 Å².